The third-order valence-corrected chi connectivity index (χ3v) is 7.62. The minimum atomic E-state index is -1.18. The van der Waals surface area contributed by atoms with Gasteiger partial charge in [0, 0.05) is 16.1 Å². The van der Waals surface area contributed by atoms with Crippen molar-refractivity contribution in [2.45, 2.75) is 19.0 Å². The minimum Gasteiger partial charge on any atom is -0.497 e. The fraction of sp³-hybridized carbons (Fsp3) is 0.241. The Morgan fingerprint density at radius 1 is 1.00 bits per heavy atom. The standard InChI is InChI=1S/C29H26Cl2N2O6S/c1-4-39-24(34)16-40-27-25(17-5-9-19(30)10-6-17)33(26(29(36)38-3)18-7-11-20(31)12-8-18)28(35)22-14-13-21(37-2)15-23(22)32-27/h5-15,25-26H,4,16H2,1-3H3. The summed E-state index contributed by atoms with van der Waals surface area (Å²) < 4.78 is 15.7. The van der Waals surface area contributed by atoms with Gasteiger partial charge in [0.05, 0.1) is 37.8 Å². The van der Waals surface area contributed by atoms with E-state index < -0.39 is 29.9 Å². The van der Waals surface area contributed by atoms with E-state index in [9.17, 15) is 14.4 Å². The molecule has 3 aromatic carbocycles. The first-order valence-corrected chi connectivity index (χ1v) is 14.0. The quantitative estimate of drug-likeness (QED) is 0.274. The van der Waals surface area contributed by atoms with E-state index in [2.05, 4.69) is 0 Å². The second kappa shape index (κ2) is 13.2. The molecule has 1 aliphatic rings. The fourth-order valence-corrected chi connectivity index (χ4v) is 5.47. The number of esters is 2. The van der Waals surface area contributed by atoms with E-state index in [0.717, 1.165) is 11.8 Å². The zero-order valence-corrected chi connectivity index (χ0v) is 24.3. The number of carbonyl (C=O) groups excluding carboxylic acids is 3. The van der Waals surface area contributed by atoms with Crippen LogP contribution in [0.4, 0.5) is 5.69 Å². The number of halogens is 2. The molecule has 0 aromatic heterocycles. The highest BCUT2D eigenvalue weighted by Gasteiger charge is 2.43. The number of amides is 1. The minimum absolute atomic E-state index is 0.0675. The van der Waals surface area contributed by atoms with Gasteiger partial charge in [-0.15, -0.1) is 0 Å². The Morgan fingerprint density at radius 2 is 1.65 bits per heavy atom. The van der Waals surface area contributed by atoms with Crippen LogP contribution in [0.25, 0.3) is 0 Å². The van der Waals surface area contributed by atoms with Crippen LogP contribution in [-0.2, 0) is 19.1 Å². The second-order valence-corrected chi connectivity index (χ2v) is 10.4. The van der Waals surface area contributed by atoms with Crippen LogP contribution in [0.1, 0.15) is 40.5 Å². The SMILES string of the molecule is CCOC(=O)CSC1=Nc2cc(OC)ccc2C(=O)N(C(C(=O)OC)c2ccc(Cl)cc2)C1c1ccc(Cl)cc1. The third kappa shape index (κ3) is 6.43. The molecule has 40 heavy (non-hydrogen) atoms. The summed E-state index contributed by atoms with van der Waals surface area (Å²) >= 11 is 13.5. The Balaban J connectivity index is 1.99. The van der Waals surface area contributed by atoms with E-state index in [1.165, 1.54) is 19.1 Å². The molecule has 0 saturated carbocycles. The molecule has 11 heteroatoms. The Morgan fingerprint density at radius 3 is 2.25 bits per heavy atom. The molecule has 4 rings (SSSR count). The van der Waals surface area contributed by atoms with Gasteiger partial charge in [-0.25, -0.2) is 9.79 Å². The van der Waals surface area contributed by atoms with Crippen molar-refractivity contribution in [1.82, 2.24) is 4.90 Å². The van der Waals surface area contributed by atoms with Crippen LogP contribution in [-0.4, -0.2) is 54.4 Å². The molecule has 208 valence electrons. The van der Waals surface area contributed by atoms with Crippen LogP contribution >= 0.6 is 35.0 Å². The summed E-state index contributed by atoms with van der Waals surface area (Å²) in [6.45, 7) is 1.94. The molecule has 0 radical (unpaired) electrons. The van der Waals surface area contributed by atoms with E-state index in [1.807, 2.05) is 0 Å². The maximum absolute atomic E-state index is 14.4. The number of thioether (sulfide) groups is 1. The topological polar surface area (TPSA) is 94.5 Å². The molecule has 0 aliphatic carbocycles. The number of aliphatic imine (C=N–C) groups is 1. The molecule has 0 saturated heterocycles. The predicted molar refractivity (Wildman–Crippen MR) is 156 cm³/mol. The van der Waals surface area contributed by atoms with E-state index in [4.69, 9.17) is 42.4 Å². The number of methoxy groups -OCH3 is 2. The molecule has 1 aliphatic heterocycles. The molecule has 0 bridgehead atoms. The lowest BCUT2D eigenvalue weighted by molar-refractivity contribution is -0.146. The van der Waals surface area contributed by atoms with Crippen LogP contribution < -0.4 is 4.74 Å². The van der Waals surface area contributed by atoms with E-state index in [1.54, 1.807) is 73.7 Å². The summed E-state index contributed by atoms with van der Waals surface area (Å²) in [6, 6.07) is 16.3. The molecular weight excluding hydrogens is 575 g/mol. The average Bonchev–Trinajstić information content (AvgIpc) is 3.07. The van der Waals surface area contributed by atoms with Crippen LogP contribution in [0.3, 0.4) is 0 Å². The smallest absolute Gasteiger partial charge is 0.333 e. The molecule has 2 unspecified atom stereocenters. The van der Waals surface area contributed by atoms with Gasteiger partial charge >= 0.3 is 11.9 Å². The maximum atomic E-state index is 14.4. The van der Waals surface area contributed by atoms with Crippen molar-refractivity contribution in [3.05, 3.63) is 93.5 Å². The number of carbonyl (C=O) groups is 3. The summed E-state index contributed by atoms with van der Waals surface area (Å²) in [5.74, 6) is -1.16. The first-order chi connectivity index (χ1) is 19.3. The van der Waals surface area contributed by atoms with Crippen molar-refractivity contribution in [2.24, 2.45) is 4.99 Å². The highest BCUT2D eigenvalue weighted by Crippen LogP contribution is 2.43. The lowest BCUT2D eigenvalue weighted by Crippen LogP contribution is -2.43. The highest BCUT2D eigenvalue weighted by atomic mass is 35.5. The molecule has 0 fully saturated rings. The number of hydrogen-bond donors (Lipinski definition) is 0. The van der Waals surface area contributed by atoms with Gasteiger partial charge in [-0.2, -0.15) is 0 Å². The molecule has 1 amide bonds. The van der Waals surface area contributed by atoms with Gasteiger partial charge in [-0.1, -0.05) is 59.2 Å². The number of ether oxygens (including phenoxy) is 3. The van der Waals surface area contributed by atoms with Crippen molar-refractivity contribution in [3.8, 4) is 5.75 Å². The van der Waals surface area contributed by atoms with Crippen molar-refractivity contribution in [3.63, 3.8) is 0 Å². The Kier molecular flexibility index (Phi) is 9.73. The zero-order valence-electron chi connectivity index (χ0n) is 21.9. The van der Waals surface area contributed by atoms with Gasteiger partial charge in [0.1, 0.15) is 16.8 Å². The van der Waals surface area contributed by atoms with E-state index in [-0.39, 0.29) is 17.9 Å². The predicted octanol–water partition coefficient (Wildman–Crippen LogP) is 6.44. The highest BCUT2D eigenvalue weighted by molar-refractivity contribution is 8.14. The Labute approximate surface area is 246 Å². The second-order valence-electron chi connectivity index (χ2n) is 8.57. The number of rotatable bonds is 8. The molecule has 8 nitrogen and oxygen atoms in total. The monoisotopic (exact) mass is 600 g/mol. The Bertz CT molecular complexity index is 1430. The van der Waals surface area contributed by atoms with Crippen LogP contribution in [0, 0.1) is 0 Å². The number of hydrogen-bond acceptors (Lipinski definition) is 8. The largest absolute Gasteiger partial charge is 0.497 e. The fourth-order valence-electron chi connectivity index (χ4n) is 4.30. The van der Waals surface area contributed by atoms with Gasteiger partial charge in [0.15, 0.2) is 6.04 Å². The number of nitrogens with zero attached hydrogens (tertiary/aromatic N) is 2. The maximum Gasteiger partial charge on any atom is 0.333 e. The summed E-state index contributed by atoms with van der Waals surface area (Å²) in [5, 5.41) is 1.34. The number of fused-ring (bicyclic) bond motifs is 1. The van der Waals surface area contributed by atoms with Gasteiger partial charge < -0.3 is 19.1 Å². The molecule has 1 heterocycles. The summed E-state index contributed by atoms with van der Waals surface area (Å²) in [7, 11) is 2.77. The molecule has 0 N–H and O–H groups in total. The van der Waals surface area contributed by atoms with Crippen LogP contribution in [0.2, 0.25) is 10.0 Å². The van der Waals surface area contributed by atoms with Gasteiger partial charge in [0.25, 0.3) is 5.91 Å². The van der Waals surface area contributed by atoms with Gasteiger partial charge in [0.2, 0.25) is 0 Å². The van der Waals surface area contributed by atoms with Crippen LogP contribution in [0.15, 0.2) is 71.7 Å². The van der Waals surface area contributed by atoms with E-state index >= 15 is 0 Å². The lowest BCUT2D eigenvalue weighted by atomic mass is 9.98. The van der Waals surface area contributed by atoms with Crippen molar-refractivity contribution in [2.75, 3.05) is 26.6 Å². The Hall–Kier alpha value is -3.53. The van der Waals surface area contributed by atoms with Gasteiger partial charge in [-0.3, -0.25) is 9.59 Å². The molecular formula is C29H26Cl2N2O6S. The molecule has 3 aromatic rings. The van der Waals surface area contributed by atoms with Gasteiger partial charge in [-0.05, 0) is 54.4 Å². The molecule has 2 atom stereocenters. The van der Waals surface area contributed by atoms with Crippen molar-refractivity contribution < 1.29 is 28.6 Å². The third-order valence-electron chi connectivity index (χ3n) is 6.13. The van der Waals surface area contributed by atoms with E-state index in [0.29, 0.717) is 37.7 Å². The average molecular weight is 602 g/mol. The first-order valence-electron chi connectivity index (χ1n) is 12.2. The van der Waals surface area contributed by atoms with Crippen LogP contribution in [0.5, 0.6) is 5.75 Å². The summed E-state index contributed by atoms with van der Waals surface area (Å²) in [4.78, 5) is 46.5. The molecule has 0 spiro atoms. The summed E-state index contributed by atoms with van der Waals surface area (Å²) in [5.41, 5.74) is 1.68. The van der Waals surface area contributed by atoms with Crippen molar-refractivity contribution >= 4 is 63.5 Å². The van der Waals surface area contributed by atoms with Crippen molar-refractivity contribution in [1.29, 1.82) is 0 Å². The zero-order chi connectivity index (χ0) is 28.8. The normalized spacial score (nSPS) is 15.4. The lowest BCUT2D eigenvalue weighted by Gasteiger charge is -2.36. The number of benzene rings is 3. The summed E-state index contributed by atoms with van der Waals surface area (Å²) in [6.07, 6.45) is 0. The first kappa shape index (κ1) is 29.5.